The van der Waals surface area contributed by atoms with Crippen LogP contribution in [-0.2, 0) is 16.2 Å². The third-order valence-corrected chi connectivity index (χ3v) is 3.99. The molecular weight excluding hydrogens is 250 g/mol. The van der Waals surface area contributed by atoms with Gasteiger partial charge in [-0.2, -0.15) is 0 Å². The molecule has 20 heavy (non-hydrogen) atoms. The molecule has 110 valence electrons. The van der Waals surface area contributed by atoms with Crippen molar-refractivity contribution in [3.8, 4) is 0 Å². The molecule has 0 aliphatic carbocycles. The van der Waals surface area contributed by atoms with Crippen molar-refractivity contribution >= 4 is 5.97 Å². The fourth-order valence-electron chi connectivity index (χ4n) is 3.00. The van der Waals surface area contributed by atoms with Crippen LogP contribution in [0, 0.1) is 11.8 Å². The van der Waals surface area contributed by atoms with Gasteiger partial charge in [-0.25, -0.2) is 4.79 Å². The second kappa shape index (κ2) is 6.89. The number of hydroxylamine groups is 2. The van der Waals surface area contributed by atoms with Crippen LogP contribution in [0.2, 0.25) is 0 Å². The minimum atomic E-state index is -0.0481. The highest BCUT2D eigenvalue weighted by molar-refractivity contribution is 5.74. The van der Waals surface area contributed by atoms with Crippen LogP contribution >= 0.6 is 0 Å². The first-order valence-electron chi connectivity index (χ1n) is 7.65. The molecule has 0 spiro atoms. The Morgan fingerprint density at radius 3 is 2.55 bits per heavy atom. The first kappa shape index (κ1) is 15.0. The van der Waals surface area contributed by atoms with Crippen molar-refractivity contribution in [2.45, 2.75) is 52.6 Å². The van der Waals surface area contributed by atoms with Gasteiger partial charge in [-0.3, -0.25) is 0 Å². The maximum atomic E-state index is 12.1. The van der Waals surface area contributed by atoms with Crippen molar-refractivity contribution in [2.24, 2.45) is 11.8 Å². The van der Waals surface area contributed by atoms with Gasteiger partial charge in [-0.05, 0) is 17.9 Å². The van der Waals surface area contributed by atoms with E-state index in [0.29, 0.717) is 12.5 Å². The second-order valence-corrected chi connectivity index (χ2v) is 5.95. The second-order valence-electron chi connectivity index (χ2n) is 5.95. The summed E-state index contributed by atoms with van der Waals surface area (Å²) in [7, 11) is 0. The Balaban J connectivity index is 2.10. The zero-order valence-corrected chi connectivity index (χ0v) is 12.7. The van der Waals surface area contributed by atoms with Crippen molar-refractivity contribution in [1.29, 1.82) is 0 Å². The number of benzene rings is 1. The zero-order chi connectivity index (χ0) is 14.5. The Morgan fingerprint density at radius 1 is 1.25 bits per heavy atom. The lowest BCUT2D eigenvalue weighted by atomic mass is 9.87. The first-order valence-corrected chi connectivity index (χ1v) is 7.65. The predicted octanol–water partition coefficient (Wildman–Crippen LogP) is 3.79. The molecule has 2 rings (SSSR count). The molecule has 1 fully saturated rings. The number of carbonyl (C=O) groups is 1. The maximum Gasteiger partial charge on any atom is 0.329 e. The highest BCUT2D eigenvalue weighted by atomic mass is 16.7. The highest BCUT2D eigenvalue weighted by Gasteiger charge is 2.44. The van der Waals surface area contributed by atoms with Crippen LogP contribution in [0.1, 0.15) is 45.6 Å². The van der Waals surface area contributed by atoms with E-state index in [9.17, 15) is 4.79 Å². The number of hydrogen-bond acceptors (Lipinski definition) is 3. The summed E-state index contributed by atoms with van der Waals surface area (Å²) in [5.41, 5.74) is 1.18. The van der Waals surface area contributed by atoms with Crippen LogP contribution in [0.4, 0.5) is 0 Å². The molecule has 1 heterocycles. The molecule has 0 unspecified atom stereocenters. The van der Waals surface area contributed by atoms with Gasteiger partial charge in [0.25, 0.3) is 0 Å². The molecule has 3 nitrogen and oxygen atoms in total. The number of carbonyl (C=O) groups excluding carboxylic acids is 1. The monoisotopic (exact) mass is 275 g/mol. The van der Waals surface area contributed by atoms with Crippen LogP contribution in [-0.4, -0.2) is 17.1 Å². The number of rotatable bonds is 6. The minimum absolute atomic E-state index is 0.0265. The molecule has 1 aliphatic rings. The fourth-order valence-corrected chi connectivity index (χ4v) is 3.00. The van der Waals surface area contributed by atoms with Gasteiger partial charge in [-0.1, -0.05) is 63.9 Å². The topological polar surface area (TPSA) is 29.5 Å². The van der Waals surface area contributed by atoms with Crippen molar-refractivity contribution < 1.29 is 9.63 Å². The summed E-state index contributed by atoms with van der Waals surface area (Å²) in [5.74, 6) is 0.388. The van der Waals surface area contributed by atoms with Gasteiger partial charge in [0.1, 0.15) is 0 Å². The minimum Gasteiger partial charge on any atom is -0.367 e. The van der Waals surface area contributed by atoms with E-state index in [0.717, 1.165) is 19.3 Å². The van der Waals surface area contributed by atoms with E-state index >= 15 is 0 Å². The average molecular weight is 275 g/mol. The summed E-state index contributed by atoms with van der Waals surface area (Å²) in [4.78, 5) is 17.7. The van der Waals surface area contributed by atoms with Crippen LogP contribution in [0.15, 0.2) is 30.3 Å². The average Bonchev–Trinajstić information content (AvgIpc) is 2.73. The Labute approximate surface area is 121 Å². The third-order valence-electron chi connectivity index (χ3n) is 3.99. The van der Waals surface area contributed by atoms with Gasteiger partial charge in [-0.15, -0.1) is 5.06 Å². The summed E-state index contributed by atoms with van der Waals surface area (Å²) >= 11 is 0. The SMILES string of the molecule is CCCC[C@@H]1C(=O)ON(Cc2ccccc2)[C@@H]1C(C)C. The molecule has 2 atom stereocenters. The Kier molecular flexibility index (Phi) is 5.18. The van der Waals surface area contributed by atoms with Gasteiger partial charge in [0.15, 0.2) is 0 Å². The van der Waals surface area contributed by atoms with E-state index < -0.39 is 0 Å². The zero-order valence-electron chi connectivity index (χ0n) is 12.7. The standard InChI is InChI=1S/C17H25NO2/c1-4-5-11-15-16(13(2)3)18(20-17(15)19)12-14-9-7-6-8-10-14/h6-10,13,15-16H,4-5,11-12H2,1-3H3/t15-,16+/m0/s1. The molecule has 1 aliphatic heterocycles. The molecule has 0 saturated carbocycles. The molecule has 1 aromatic carbocycles. The van der Waals surface area contributed by atoms with Gasteiger partial charge >= 0.3 is 5.97 Å². The Morgan fingerprint density at radius 2 is 1.95 bits per heavy atom. The molecule has 3 heteroatoms. The smallest absolute Gasteiger partial charge is 0.329 e. The molecule has 0 amide bonds. The maximum absolute atomic E-state index is 12.1. The molecule has 1 saturated heterocycles. The van der Waals surface area contributed by atoms with Crippen LogP contribution < -0.4 is 0 Å². The fraction of sp³-hybridized carbons (Fsp3) is 0.588. The Hall–Kier alpha value is -1.35. The van der Waals surface area contributed by atoms with Crippen molar-refractivity contribution in [3.63, 3.8) is 0 Å². The van der Waals surface area contributed by atoms with E-state index in [4.69, 9.17) is 4.84 Å². The quantitative estimate of drug-likeness (QED) is 0.791. The van der Waals surface area contributed by atoms with E-state index in [-0.39, 0.29) is 17.9 Å². The summed E-state index contributed by atoms with van der Waals surface area (Å²) in [6.07, 6.45) is 3.14. The predicted molar refractivity (Wildman–Crippen MR) is 79.7 cm³/mol. The van der Waals surface area contributed by atoms with Gasteiger partial charge in [0.2, 0.25) is 0 Å². The summed E-state index contributed by atoms with van der Waals surface area (Å²) in [6.45, 7) is 7.18. The molecule has 0 radical (unpaired) electrons. The van der Waals surface area contributed by atoms with Crippen molar-refractivity contribution in [1.82, 2.24) is 5.06 Å². The van der Waals surface area contributed by atoms with Gasteiger partial charge < -0.3 is 4.84 Å². The Bertz CT molecular complexity index is 430. The highest BCUT2D eigenvalue weighted by Crippen LogP contribution is 2.33. The normalized spacial score (nSPS) is 23.3. The van der Waals surface area contributed by atoms with E-state index in [2.05, 4.69) is 32.9 Å². The summed E-state index contributed by atoms with van der Waals surface area (Å²) in [6, 6.07) is 10.4. The first-order chi connectivity index (χ1) is 9.63. The van der Waals surface area contributed by atoms with Crippen LogP contribution in [0.5, 0.6) is 0 Å². The van der Waals surface area contributed by atoms with Crippen LogP contribution in [0.3, 0.4) is 0 Å². The third kappa shape index (κ3) is 3.40. The number of hydrogen-bond donors (Lipinski definition) is 0. The van der Waals surface area contributed by atoms with E-state index in [1.807, 2.05) is 23.3 Å². The molecule has 1 aromatic rings. The summed E-state index contributed by atoms with van der Waals surface area (Å²) in [5, 5.41) is 1.89. The lowest BCUT2D eigenvalue weighted by Crippen LogP contribution is -2.36. The number of nitrogens with zero attached hydrogens (tertiary/aromatic N) is 1. The van der Waals surface area contributed by atoms with E-state index in [1.54, 1.807) is 0 Å². The molecule has 0 bridgehead atoms. The van der Waals surface area contributed by atoms with E-state index in [1.165, 1.54) is 5.56 Å². The lowest BCUT2D eigenvalue weighted by molar-refractivity contribution is -0.180. The molecule has 0 N–H and O–H groups in total. The molecule has 0 aromatic heterocycles. The van der Waals surface area contributed by atoms with Crippen molar-refractivity contribution in [2.75, 3.05) is 0 Å². The molecular formula is C17H25NO2. The van der Waals surface area contributed by atoms with Crippen molar-refractivity contribution in [3.05, 3.63) is 35.9 Å². The summed E-state index contributed by atoms with van der Waals surface area (Å²) < 4.78 is 0. The lowest BCUT2D eigenvalue weighted by Gasteiger charge is -2.27. The van der Waals surface area contributed by atoms with Gasteiger partial charge in [0, 0.05) is 0 Å². The van der Waals surface area contributed by atoms with Gasteiger partial charge in [0.05, 0.1) is 18.5 Å². The van der Waals surface area contributed by atoms with Crippen LogP contribution in [0.25, 0.3) is 0 Å². The largest absolute Gasteiger partial charge is 0.367 e. The number of unbranched alkanes of at least 4 members (excludes halogenated alkanes) is 1.